The van der Waals surface area contributed by atoms with Crippen LogP contribution in [0.25, 0.3) is 0 Å². The zero-order chi connectivity index (χ0) is 15.6. The summed E-state index contributed by atoms with van der Waals surface area (Å²) in [6.07, 6.45) is 1.76. The highest BCUT2D eigenvalue weighted by atomic mass is 16.5. The molecule has 5 heteroatoms. The number of ether oxygens (including phenoxy) is 1. The highest BCUT2D eigenvalue weighted by Gasteiger charge is 2.40. The predicted octanol–water partition coefficient (Wildman–Crippen LogP) is 2.53. The van der Waals surface area contributed by atoms with Crippen molar-refractivity contribution in [2.45, 2.75) is 19.4 Å². The fourth-order valence-electron chi connectivity index (χ4n) is 2.95. The number of hydrogen-bond donors (Lipinski definition) is 2. The summed E-state index contributed by atoms with van der Waals surface area (Å²) in [5.41, 5.74) is 7.45. The molecule has 1 aromatic carbocycles. The Morgan fingerprint density at radius 2 is 1.95 bits per heavy atom. The molecule has 0 bridgehead atoms. The molecule has 2 aromatic rings. The number of aliphatic imine (C=N–C) groups is 1. The van der Waals surface area contributed by atoms with Crippen LogP contribution in [0.15, 0.2) is 47.6 Å². The van der Waals surface area contributed by atoms with Gasteiger partial charge in [0.2, 0.25) is 0 Å². The Morgan fingerprint density at radius 3 is 2.73 bits per heavy atom. The zero-order valence-corrected chi connectivity index (χ0v) is 12.8. The molecule has 3 N–H and O–H groups in total. The van der Waals surface area contributed by atoms with Gasteiger partial charge in [-0.25, -0.2) is 4.98 Å². The van der Waals surface area contributed by atoms with Crippen molar-refractivity contribution < 1.29 is 4.74 Å². The Kier molecular flexibility index (Phi) is 3.81. The van der Waals surface area contributed by atoms with E-state index in [-0.39, 0.29) is 0 Å². The predicted molar refractivity (Wildman–Crippen MR) is 88.4 cm³/mol. The first-order valence-corrected chi connectivity index (χ1v) is 7.42. The number of pyridine rings is 1. The van der Waals surface area contributed by atoms with E-state index in [1.165, 1.54) is 0 Å². The van der Waals surface area contributed by atoms with Gasteiger partial charge >= 0.3 is 0 Å². The molecule has 1 atom stereocenters. The Morgan fingerprint density at radius 1 is 1.18 bits per heavy atom. The van der Waals surface area contributed by atoms with Crippen LogP contribution in [-0.2, 0) is 5.54 Å². The number of anilines is 1. The molecule has 1 aromatic heterocycles. The lowest BCUT2D eigenvalue weighted by molar-refractivity contribution is 0.329. The minimum Gasteiger partial charge on any atom is -0.493 e. The van der Waals surface area contributed by atoms with E-state index in [2.05, 4.69) is 10.3 Å². The molecular formula is C17H20N4O. The number of rotatable bonds is 4. The van der Waals surface area contributed by atoms with E-state index in [0.29, 0.717) is 13.2 Å². The Bertz CT molecular complexity index is 713. The van der Waals surface area contributed by atoms with E-state index in [9.17, 15) is 0 Å². The van der Waals surface area contributed by atoms with E-state index < -0.39 is 5.54 Å². The van der Waals surface area contributed by atoms with Crippen LogP contribution in [0.1, 0.15) is 25.0 Å². The fourth-order valence-corrected chi connectivity index (χ4v) is 2.95. The van der Waals surface area contributed by atoms with Crippen LogP contribution in [0.4, 0.5) is 5.82 Å². The van der Waals surface area contributed by atoms with Gasteiger partial charge in [0.05, 0.1) is 6.61 Å². The van der Waals surface area contributed by atoms with Crippen molar-refractivity contribution >= 4 is 11.7 Å². The van der Waals surface area contributed by atoms with Gasteiger partial charge in [0.15, 0.2) is 0 Å². The van der Waals surface area contributed by atoms with E-state index >= 15 is 0 Å². The van der Waals surface area contributed by atoms with Gasteiger partial charge in [-0.15, -0.1) is 0 Å². The second-order valence-corrected chi connectivity index (χ2v) is 5.22. The highest BCUT2D eigenvalue weighted by molar-refractivity contribution is 5.96. The SMILES string of the molecule is CCOc1ccccc1C1(CN)N=C(C)Nc2ncccc21. The molecule has 22 heavy (non-hydrogen) atoms. The topological polar surface area (TPSA) is 72.5 Å². The normalized spacial score (nSPS) is 19.9. The fraction of sp³-hybridized carbons (Fsp3) is 0.294. The minimum atomic E-state index is -0.676. The largest absolute Gasteiger partial charge is 0.493 e. The number of benzene rings is 1. The summed E-state index contributed by atoms with van der Waals surface area (Å²) >= 11 is 0. The van der Waals surface area contributed by atoms with Crippen LogP contribution in [0.5, 0.6) is 5.75 Å². The quantitative estimate of drug-likeness (QED) is 0.909. The van der Waals surface area contributed by atoms with Gasteiger partial charge in [-0.1, -0.05) is 24.3 Å². The molecule has 0 amide bonds. The smallest absolute Gasteiger partial charge is 0.137 e. The molecule has 1 unspecified atom stereocenters. The molecule has 2 heterocycles. The number of nitrogens with zero attached hydrogens (tertiary/aromatic N) is 2. The van der Waals surface area contributed by atoms with Crippen LogP contribution in [0.2, 0.25) is 0 Å². The molecule has 0 spiro atoms. The van der Waals surface area contributed by atoms with Gasteiger partial charge in [-0.2, -0.15) is 0 Å². The minimum absolute atomic E-state index is 0.342. The number of hydrogen-bond acceptors (Lipinski definition) is 5. The zero-order valence-electron chi connectivity index (χ0n) is 12.8. The number of nitrogens with two attached hydrogens (primary N) is 1. The van der Waals surface area contributed by atoms with Crippen molar-refractivity contribution in [1.29, 1.82) is 0 Å². The van der Waals surface area contributed by atoms with Crippen molar-refractivity contribution in [3.05, 3.63) is 53.7 Å². The molecule has 1 aliphatic rings. The van der Waals surface area contributed by atoms with Crippen molar-refractivity contribution in [2.75, 3.05) is 18.5 Å². The molecular weight excluding hydrogens is 276 g/mol. The third kappa shape index (κ3) is 2.23. The summed E-state index contributed by atoms with van der Waals surface area (Å²) < 4.78 is 5.80. The summed E-state index contributed by atoms with van der Waals surface area (Å²) in [5.74, 6) is 2.40. The monoisotopic (exact) mass is 296 g/mol. The van der Waals surface area contributed by atoms with E-state index in [1.54, 1.807) is 6.20 Å². The average molecular weight is 296 g/mol. The maximum absolute atomic E-state index is 6.19. The third-order valence-corrected chi connectivity index (χ3v) is 3.84. The van der Waals surface area contributed by atoms with Crippen molar-refractivity contribution in [3.63, 3.8) is 0 Å². The lowest BCUT2D eigenvalue weighted by atomic mass is 9.82. The lowest BCUT2D eigenvalue weighted by Gasteiger charge is -2.35. The van der Waals surface area contributed by atoms with Crippen LogP contribution >= 0.6 is 0 Å². The summed E-state index contributed by atoms with van der Waals surface area (Å²) in [6.45, 7) is 4.83. The van der Waals surface area contributed by atoms with Gasteiger partial charge in [0.25, 0.3) is 0 Å². The summed E-state index contributed by atoms with van der Waals surface area (Å²) in [5, 5.41) is 3.21. The summed E-state index contributed by atoms with van der Waals surface area (Å²) in [7, 11) is 0. The molecule has 0 aliphatic carbocycles. The van der Waals surface area contributed by atoms with Gasteiger partial charge in [-0.05, 0) is 26.0 Å². The van der Waals surface area contributed by atoms with Crippen molar-refractivity contribution in [3.8, 4) is 5.75 Å². The van der Waals surface area contributed by atoms with Crippen molar-refractivity contribution in [1.82, 2.24) is 4.98 Å². The Labute approximate surface area is 130 Å². The standard InChI is InChI=1S/C17H20N4O/c1-3-22-15-9-5-4-7-13(15)17(11-18)14-8-6-10-19-16(14)20-12(2)21-17/h4-10H,3,11,18H2,1-2H3,(H,19,20,21). The van der Waals surface area contributed by atoms with Crippen LogP contribution < -0.4 is 15.8 Å². The van der Waals surface area contributed by atoms with E-state index in [0.717, 1.165) is 28.5 Å². The first-order chi connectivity index (χ1) is 10.7. The maximum Gasteiger partial charge on any atom is 0.137 e. The number of nitrogens with one attached hydrogen (secondary N) is 1. The van der Waals surface area contributed by atoms with E-state index in [1.807, 2.05) is 50.2 Å². The van der Waals surface area contributed by atoms with Gasteiger partial charge < -0.3 is 15.8 Å². The molecule has 0 radical (unpaired) electrons. The maximum atomic E-state index is 6.19. The van der Waals surface area contributed by atoms with Crippen molar-refractivity contribution in [2.24, 2.45) is 10.7 Å². The Balaban J connectivity index is 2.26. The summed E-state index contributed by atoms with van der Waals surface area (Å²) in [4.78, 5) is 9.27. The molecule has 0 saturated heterocycles. The second-order valence-electron chi connectivity index (χ2n) is 5.22. The second kappa shape index (κ2) is 5.77. The first-order valence-electron chi connectivity index (χ1n) is 7.42. The third-order valence-electron chi connectivity index (χ3n) is 3.84. The highest BCUT2D eigenvalue weighted by Crippen LogP contribution is 2.42. The lowest BCUT2D eigenvalue weighted by Crippen LogP contribution is -2.40. The average Bonchev–Trinajstić information content (AvgIpc) is 2.55. The first kappa shape index (κ1) is 14.5. The van der Waals surface area contributed by atoms with Gasteiger partial charge in [-0.3, -0.25) is 4.99 Å². The molecule has 114 valence electrons. The van der Waals surface area contributed by atoms with Crippen LogP contribution in [0, 0.1) is 0 Å². The summed E-state index contributed by atoms with van der Waals surface area (Å²) in [6, 6.07) is 11.8. The van der Waals surface area contributed by atoms with Gasteiger partial charge in [0.1, 0.15) is 22.9 Å². The Hall–Kier alpha value is -2.40. The number of amidine groups is 1. The van der Waals surface area contributed by atoms with Crippen LogP contribution in [0.3, 0.4) is 0 Å². The number of para-hydroxylation sites is 1. The number of fused-ring (bicyclic) bond motifs is 1. The molecule has 0 saturated carbocycles. The molecule has 3 rings (SSSR count). The number of aromatic nitrogens is 1. The molecule has 1 aliphatic heterocycles. The molecule has 0 fully saturated rings. The van der Waals surface area contributed by atoms with Gasteiger partial charge in [0, 0.05) is 23.9 Å². The molecule has 5 nitrogen and oxygen atoms in total. The van der Waals surface area contributed by atoms with Crippen LogP contribution in [-0.4, -0.2) is 24.0 Å². The van der Waals surface area contributed by atoms with E-state index in [4.69, 9.17) is 15.5 Å².